The molecule has 3 aromatic heterocycles. The Morgan fingerprint density at radius 2 is 1.36 bits per heavy atom. The van der Waals surface area contributed by atoms with Crippen molar-refractivity contribution in [3.8, 4) is 0 Å². The van der Waals surface area contributed by atoms with Crippen molar-refractivity contribution < 1.29 is 9.59 Å². The third-order valence-corrected chi connectivity index (χ3v) is 6.69. The number of Topliss-reactive ketones (excluding diaryl/α,β-unsaturated/α-hetero) is 2. The van der Waals surface area contributed by atoms with Crippen molar-refractivity contribution in [3.05, 3.63) is 48.0 Å². The molecule has 0 aliphatic rings. The molecule has 6 nitrogen and oxygen atoms in total. The Bertz CT molecular complexity index is 826. The van der Waals surface area contributed by atoms with Gasteiger partial charge in [0.1, 0.15) is 0 Å². The molecule has 0 radical (unpaired) electrons. The third-order valence-electron chi connectivity index (χ3n) is 3.50. The summed E-state index contributed by atoms with van der Waals surface area (Å²) in [5.74, 6) is 0.750. The average molecular weight is 393 g/mol. The first-order valence-electron chi connectivity index (χ1n) is 7.43. The molecule has 130 valence electrons. The summed E-state index contributed by atoms with van der Waals surface area (Å²) < 4.78 is 5.08. The number of nitrogens with zero attached hydrogens (tertiary/aromatic N) is 4. The Balaban J connectivity index is 1.51. The highest BCUT2D eigenvalue weighted by molar-refractivity contribution is 8.03. The van der Waals surface area contributed by atoms with Crippen LogP contribution in [0.15, 0.2) is 45.3 Å². The number of hydrogen-bond acceptors (Lipinski definition) is 7. The van der Waals surface area contributed by atoms with E-state index in [4.69, 9.17) is 0 Å². The van der Waals surface area contributed by atoms with Crippen molar-refractivity contribution in [3.63, 3.8) is 0 Å². The Morgan fingerprint density at radius 1 is 0.920 bits per heavy atom. The second-order valence-corrected chi connectivity index (χ2v) is 8.69. The molecule has 0 unspecified atom stereocenters. The van der Waals surface area contributed by atoms with Crippen molar-refractivity contribution in [2.75, 3.05) is 11.5 Å². The van der Waals surface area contributed by atoms with Gasteiger partial charge in [-0.3, -0.25) is 9.59 Å². The van der Waals surface area contributed by atoms with E-state index in [1.807, 2.05) is 38.6 Å². The molecular formula is C16H16N4O2S3. The molecule has 3 rings (SSSR count). The Labute approximate surface area is 157 Å². The van der Waals surface area contributed by atoms with Crippen LogP contribution in [-0.4, -0.2) is 42.4 Å². The predicted octanol–water partition coefficient (Wildman–Crippen LogP) is 3.17. The summed E-state index contributed by atoms with van der Waals surface area (Å²) in [6.07, 6.45) is 3.70. The van der Waals surface area contributed by atoms with E-state index in [-0.39, 0.29) is 11.6 Å². The lowest BCUT2D eigenvalue weighted by Crippen LogP contribution is -2.07. The van der Waals surface area contributed by atoms with Gasteiger partial charge >= 0.3 is 0 Å². The van der Waals surface area contributed by atoms with E-state index >= 15 is 0 Å². The molecule has 3 heterocycles. The Morgan fingerprint density at radius 3 is 1.72 bits per heavy atom. The van der Waals surface area contributed by atoms with Gasteiger partial charge in [-0.15, -0.1) is 10.2 Å². The fraction of sp³-hybridized carbons (Fsp3) is 0.250. The zero-order chi connectivity index (χ0) is 17.8. The number of aryl methyl sites for hydroxylation is 2. The molecule has 9 heteroatoms. The second kappa shape index (κ2) is 8.03. The standard InChI is InChI=1S/C16H16N4O2S3/c1-19-7-3-5-11(19)13(21)9-23-15-17-18-16(25-15)24-10-14(22)12-6-4-8-20(12)2/h3-8H,9-10H2,1-2H3. The first-order chi connectivity index (χ1) is 12.0. The van der Waals surface area contributed by atoms with Gasteiger partial charge in [0.2, 0.25) is 0 Å². The van der Waals surface area contributed by atoms with Crippen LogP contribution >= 0.6 is 34.9 Å². The third kappa shape index (κ3) is 4.42. The fourth-order valence-electron chi connectivity index (χ4n) is 2.22. The van der Waals surface area contributed by atoms with E-state index < -0.39 is 0 Å². The van der Waals surface area contributed by atoms with Crippen LogP contribution in [0.2, 0.25) is 0 Å². The normalized spacial score (nSPS) is 11.0. The van der Waals surface area contributed by atoms with Gasteiger partial charge in [0.05, 0.1) is 22.9 Å². The topological polar surface area (TPSA) is 69.8 Å². The van der Waals surface area contributed by atoms with E-state index in [2.05, 4.69) is 10.2 Å². The largest absolute Gasteiger partial charge is 0.348 e. The van der Waals surface area contributed by atoms with Crippen molar-refractivity contribution in [2.24, 2.45) is 14.1 Å². The second-order valence-electron chi connectivity index (χ2n) is 5.27. The highest BCUT2D eigenvalue weighted by Crippen LogP contribution is 2.29. The van der Waals surface area contributed by atoms with Crippen LogP contribution in [0, 0.1) is 0 Å². The van der Waals surface area contributed by atoms with Gasteiger partial charge in [-0.2, -0.15) is 0 Å². The lowest BCUT2D eigenvalue weighted by atomic mass is 10.3. The number of rotatable bonds is 8. The molecule has 0 amide bonds. The minimum atomic E-state index is 0.0563. The lowest BCUT2D eigenvalue weighted by molar-refractivity contribution is 0.100. The van der Waals surface area contributed by atoms with E-state index in [1.165, 1.54) is 34.9 Å². The summed E-state index contributed by atoms with van der Waals surface area (Å²) in [6, 6.07) is 7.31. The molecule has 0 atom stereocenters. The van der Waals surface area contributed by atoms with Gasteiger partial charge < -0.3 is 9.13 Å². The number of carbonyl (C=O) groups excluding carboxylic acids is 2. The zero-order valence-electron chi connectivity index (χ0n) is 13.7. The molecule has 0 aliphatic carbocycles. The molecule has 0 aromatic carbocycles. The minimum Gasteiger partial charge on any atom is -0.348 e. The average Bonchev–Trinajstić information content (AvgIpc) is 3.31. The van der Waals surface area contributed by atoms with Gasteiger partial charge in [0.15, 0.2) is 20.2 Å². The maximum Gasteiger partial charge on any atom is 0.189 e. The van der Waals surface area contributed by atoms with E-state index in [0.29, 0.717) is 22.9 Å². The van der Waals surface area contributed by atoms with Crippen molar-refractivity contribution in [1.82, 2.24) is 19.3 Å². The van der Waals surface area contributed by atoms with Crippen LogP contribution in [-0.2, 0) is 14.1 Å². The molecule has 0 bridgehead atoms. The van der Waals surface area contributed by atoms with Crippen LogP contribution in [0.3, 0.4) is 0 Å². The van der Waals surface area contributed by atoms with Crippen molar-refractivity contribution in [2.45, 2.75) is 8.68 Å². The van der Waals surface area contributed by atoms with Gasteiger partial charge in [-0.1, -0.05) is 34.9 Å². The quantitative estimate of drug-likeness (QED) is 0.433. The summed E-state index contributed by atoms with van der Waals surface area (Å²) in [6.45, 7) is 0. The van der Waals surface area contributed by atoms with Crippen LogP contribution in [0.4, 0.5) is 0 Å². The predicted molar refractivity (Wildman–Crippen MR) is 101 cm³/mol. The zero-order valence-corrected chi connectivity index (χ0v) is 16.2. The van der Waals surface area contributed by atoms with E-state index in [9.17, 15) is 9.59 Å². The van der Waals surface area contributed by atoms with E-state index in [1.54, 1.807) is 21.3 Å². The first kappa shape index (κ1) is 18.0. The molecule has 0 aliphatic heterocycles. The highest BCUT2D eigenvalue weighted by atomic mass is 32.2. The van der Waals surface area contributed by atoms with Crippen LogP contribution < -0.4 is 0 Å². The van der Waals surface area contributed by atoms with Gasteiger partial charge in [-0.05, 0) is 24.3 Å². The maximum absolute atomic E-state index is 12.1. The molecule has 0 N–H and O–H groups in total. The van der Waals surface area contributed by atoms with Crippen molar-refractivity contribution >= 4 is 46.4 Å². The maximum atomic E-state index is 12.1. The number of aromatic nitrogens is 4. The molecule has 0 saturated carbocycles. The molecule has 3 aromatic rings. The highest BCUT2D eigenvalue weighted by Gasteiger charge is 2.14. The minimum absolute atomic E-state index is 0.0563. The summed E-state index contributed by atoms with van der Waals surface area (Å²) in [4.78, 5) is 24.3. The number of hydrogen-bond donors (Lipinski definition) is 0. The van der Waals surface area contributed by atoms with Crippen molar-refractivity contribution in [1.29, 1.82) is 0 Å². The Hall–Kier alpha value is -1.84. The number of ketones is 2. The molecule has 0 fully saturated rings. The molecule has 0 saturated heterocycles. The molecular weight excluding hydrogens is 376 g/mol. The summed E-state index contributed by atoms with van der Waals surface area (Å²) in [7, 11) is 3.70. The van der Waals surface area contributed by atoms with Crippen LogP contribution in [0.5, 0.6) is 0 Å². The number of thioether (sulfide) groups is 2. The lowest BCUT2D eigenvalue weighted by Gasteiger charge is -2.00. The first-order valence-corrected chi connectivity index (χ1v) is 10.2. The summed E-state index contributed by atoms with van der Waals surface area (Å²) >= 11 is 4.15. The smallest absolute Gasteiger partial charge is 0.189 e. The van der Waals surface area contributed by atoms with Gasteiger partial charge in [-0.25, -0.2) is 0 Å². The SMILES string of the molecule is Cn1cccc1C(=O)CSc1nnc(SCC(=O)c2cccn2C)s1. The van der Waals surface area contributed by atoms with Crippen LogP contribution in [0.1, 0.15) is 21.0 Å². The summed E-state index contributed by atoms with van der Waals surface area (Å²) in [5, 5.41) is 8.17. The van der Waals surface area contributed by atoms with Gasteiger partial charge in [0.25, 0.3) is 0 Å². The summed E-state index contributed by atoms with van der Waals surface area (Å²) in [5.41, 5.74) is 1.36. The van der Waals surface area contributed by atoms with Crippen LogP contribution in [0.25, 0.3) is 0 Å². The molecule has 0 spiro atoms. The fourth-order valence-corrected chi connectivity index (χ4v) is 4.99. The Kier molecular flexibility index (Phi) is 5.77. The molecule has 25 heavy (non-hydrogen) atoms. The van der Waals surface area contributed by atoms with Gasteiger partial charge in [0, 0.05) is 26.5 Å². The van der Waals surface area contributed by atoms with E-state index in [0.717, 1.165) is 8.68 Å². The number of carbonyl (C=O) groups is 2. The monoisotopic (exact) mass is 392 g/mol.